The Hall–Kier alpha value is -2.34. The van der Waals surface area contributed by atoms with Gasteiger partial charge in [0, 0.05) is 29.6 Å². The van der Waals surface area contributed by atoms with E-state index in [1.54, 1.807) is 17.7 Å². The minimum atomic E-state index is -1.08. The maximum absolute atomic E-state index is 12.7. The highest BCUT2D eigenvalue weighted by molar-refractivity contribution is 6.34. The third-order valence-corrected chi connectivity index (χ3v) is 4.30. The molecule has 2 heterocycles. The number of benzene rings is 1. The predicted octanol–water partition coefficient (Wildman–Crippen LogP) is 3.39. The highest BCUT2D eigenvalue weighted by Crippen LogP contribution is 2.30. The van der Waals surface area contributed by atoms with Crippen molar-refractivity contribution in [2.75, 3.05) is 5.32 Å². The third kappa shape index (κ3) is 3.01. The number of hydrogen-bond acceptors (Lipinski definition) is 4. The van der Waals surface area contributed by atoms with E-state index in [0.717, 1.165) is 11.3 Å². The Balaban J connectivity index is 1.76. The maximum atomic E-state index is 12.7. The van der Waals surface area contributed by atoms with Crippen molar-refractivity contribution >= 4 is 29.0 Å². The second-order valence-corrected chi connectivity index (χ2v) is 6.36. The average Bonchev–Trinajstić information content (AvgIpc) is 3.11. The van der Waals surface area contributed by atoms with Crippen LogP contribution in [0.1, 0.15) is 31.5 Å². The first-order chi connectivity index (χ1) is 11.4. The van der Waals surface area contributed by atoms with Gasteiger partial charge < -0.3 is 10.2 Å². The van der Waals surface area contributed by atoms with Crippen LogP contribution < -0.4 is 5.32 Å². The molecule has 126 valence electrons. The lowest BCUT2D eigenvalue weighted by molar-refractivity contribution is -0.136. The zero-order valence-electron chi connectivity index (χ0n) is 13.8. The molecule has 1 aromatic carbocycles. The fourth-order valence-electron chi connectivity index (χ4n) is 2.64. The number of carbonyl (C=O) groups excluding carboxylic acids is 1. The van der Waals surface area contributed by atoms with E-state index in [4.69, 9.17) is 16.4 Å². The van der Waals surface area contributed by atoms with Crippen molar-refractivity contribution in [2.24, 2.45) is 5.16 Å². The molecule has 0 spiro atoms. The van der Waals surface area contributed by atoms with Crippen molar-refractivity contribution in [2.45, 2.75) is 39.3 Å². The molecule has 0 saturated carbocycles. The van der Waals surface area contributed by atoms with Crippen LogP contribution in [0.25, 0.3) is 0 Å². The molecule has 1 amide bonds. The molecule has 0 radical (unpaired) electrons. The van der Waals surface area contributed by atoms with Gasteiger partial charge in [-0.05, 0) is 26.8 Å². The summed E-state index contributed by atoms with van der Waals surface area (Å²) in [5, 5.41) is 11.9. The third-order valence-electron chi connectivity index (χ3n) is 3.97. The number of oxime groups is 1. The van der Waals surface area contributed by atoms with Crippen molar-refractivity contribution in [1.82, 2.24) is 9.78 Å². The van der Waals surface area contributed by atoms with E-state index >= 15 is 0 Å². The van der Waals surface area contributed by atoms with Gasteiger partial charge in [-0.2, -0.15) is 5.10 Å². The SMILES string of the molecule is CCn1nc(C)cc1NC(=O)[C@@]1(C)CC(c2ccccc2Cl)=NO1. The summed E-state index contributed by atoms with van der Waals surface area (Å²) in [7, 11) is 0. The molecule has 2 aromatic rings. The second-order valence-electron chi connectivity index (χ2n) is 5.96. The Kier molecular flexibility index (Phi) is 4.32. The van der Waals surface area contributed by atoms with Crippen LogP contribution >= 0.6 is 11.6 Å². The molecule has 0 saturated heterocycles. The monoisotopic (exact) mass is 346 g/mol. The Morgan fingerprint density at radius 1 is 1.46 bits per heavy atom. The van der Waals surface area contributed by atoms with Crippen molar-refractivity contribution in [3.05, 3.63) is 46.6 Å². The molecule has 1 N–H and O–H groups in total. The molecule has 7 heteroatoms. The molecule has 0 bridgehead atoms. The largest absolute Gasteiger partial charge is 0.379 e. The Labute approximate surface area is 145 Å². The smallest absolute Gasteiger partial charge is 0.272 e. The van der Waals surface area contributed by atoms with Crippen LogP contribution in [-0.2, 0) is 16.2 Å². The van der Waals surface area contributed by atoms with Crippen LogP contribution in [0.15, 0.2) is 35.5 Å². The first kappa shape index (κ1) is 16.5. The summed E-state index contributed by atoms with van der Waals surface area (Å²) in [5.41, 5.74) is 1.21. The van der Waals surface area contributed by atoms with Crippen molar-refractivity contribution in [3.8, 4) is 0 Å². The van der Waals surface area contributed by atoms with Gasteiger partial charge in [0.25, 0.3) is 5.91 Å². The van der Waals surface area contributed by atoms with Crippen LogP contribution in [0, 0.1) is 6.92 Å². The number of halogens is 1. The second kappa shape index (κ2) is 6.28. The number of rotatable bonds is 4. The maximum Gasteiger partial charge on any atom is 0.272 e. The molecule has 24 heavy (non-hydrogen) atoms. The first-order valence-electron chi connectivity index (χ1n) is 7.79. The standard InChI is InChI=1S/C17H19ClN4O2/c1-4-22-15(9-11(2)20-22)19-16(23)17(3)10-14(21-24-17)12-7-5-6-8-13(12)18/h5-9H,4,10H2,1-3H3,(H,19,23)/t17-/m1/s1. The van der Waals surface area contributed by atoms with E-state index in [0.29, 0.717) is 29.5 Å². The van der Waals surface area contributed by atoms with Crippen molar-refractivity contribution < 1.29 is 9.63 Å². The quantitative estimate of drug-likeness (QED) is 0.922. The fourth-order valence-corrected chi connectivity index (χ4v) is 2.88. The van der Waals surface area contributed by atoms with Gasteiger partial charge in [-0.25, -0.2) is 4.68 Å². The van der Waals surface area contributed by atoms with Crippen molar-refractivity contribution in [1.29, 1.82) is 0 Å². The van der Waals surface area contributed by atoms with Gasteiger partial charge in [-0.3, -0.25) is 4.79 Å². The summed E-state index contributed by atoms with van der Waals surface area (Å²) >= 11 is 6.20. The van der Waals surface area contributed by atoms with E-state index in [1.165, 1.54) is 0 Å². The molecule has 1 aliphatic rings. The van der Waals surface area contributed by atoms with Gasteiger partial charge in [-0.15, -0.1) is 0 Å². The van der Waals surface area contributed by atoms with Crippen LogP contribution in [0.4, 0.5) is 5.82 Å². The summed E-state index contributed by atoms with van der Waals surface area (Å²) in [4.78, 5) is 18.2. The number of nitrogens with one attached hydrogen (secondary N) is 1. The van der Waals surface area contributed by atoms with Gasteiger partial charge in [0.15, 0.2) is 0 Å². The number of carbonyl (C=O) groups is 1. The molecule has 1 aromatic heterocycles. The summed E-state index contributed by atoms with van der Waals surface area (Å²) in [6.07, 6.45) is 0.349. The average molecular weight is 347 g/mol. The molecule has 0 unspecified atom stereocenters. The summed E-state index contributed by atoms with van der Waals surface area (Å²) in [6, 6.07) is 9.21. The lowest BCUT2D eigenvalue weighted by Crippen LogP contribution is -2.40. The lowest BCUT2D eigenvalue weighted by Gasteiger charge is -2.20. The van der Waals surface area contributed by atoms with Crippen molar-refractivity contribution in [3.63, 3.8) is 0 Å². The highest BCUT2D eigenvalue weighted by atomic mass is 35.5. The molecule has 1 aliphatic heterocycles. The number of nitrogens with zero attached hydrogens (tertiary/aromatic N) is 3. The number of amides is 1. The molecule has 3 rings (SSSR count). The molecule has 0 aliphatic carbocycles. The zero-order valence-corrected chi connectivity index (χ0v) is 14.6. The number of hydrogen-bond donors (Lipinski definition) is 1. The minimum absolute atomic E-state index is 0.261. The Bertz CT molecular complexity index is 815. The van der Waals surface area contributed by atoms with Gasteiger partial charge in [-0.1, -0.05) is 35.0 Å². The van der Waals surface area contributed by atoms with Crippen LogP contribution in [0.5, 0.6) is 0 Å². The molecular weight excluding hydrogens is 328 g/mol. The van der Waals surface area contributed by atoms with E-state index in [9.17, 15) is 4.79 Å². The molecular formula is C17H19ClN4O2. The first-order valence-corrected chi connectivity index (χ1v) is 8.16. The summed E-state index contributed by atoms with van der Waals surface area (Å²) in [5.74, 6) is 0.388. The predicted molar refractivity (Wildman–Crippen MR) is 93.4 cm³/mol. The topological polar surface area (TPSA) is 68.5 Å². The zero-order chi connectivity index (χ0) is 17.3. The number of aryl methyl sites for hydroxylation is 2. The van der Waals surface area contributed by atoms with Crippen LogP contribution in [0.2, 0.25) is 5.02 Å². The Morgan fingerprint density at radius 3 is 2.92 bits per heavy atom. The van der Waals surface area contributed by atoms with E-state index in [2.05, 4.69) is 15.6 Å². The summed E-state index contributed by atoms with van der Waals surface area (Å²) < 4.78 is 1.74. The minimum Gasteiger partial charge on any atom is -0.379 e. The fraction of sp³-hybridized carbons (Fsp3) is 0.353. The summed E-state index contributed by atoms with van der Waals surface area (Å²) in [6.45, 7) is 6.24. The van der Waals surface area contributed by atoms with Crippen LogP contribution in [0.3, 0.4) is 0 Å². The molecule has 0 fully saturated rings. The van der Waals surface area contributed by atoms with Gasteiger partial charge in [0.05, 0.1) is 11.4 Å². The van der Waals surface area contributed by atoms with E-state index < -0.39 is 5.60 Å². The van der Waals surface area contributed by atoms with E-state index in [1.807, 2.05) is 38.1 Å². The van der Waals surface area contributed by atoms with E-state index in [-0.39, 0.29) is 5.91 Å². The number of anilines is 1. The Morgan fingerprint density at radius 2 is 2.21 bits per heavy atom. The highest BCUT2D eigenvalue weighted by Gasteiger charge is 2.43. The lowest BCUT2D eigenvalue weighted by atomic mass is 9.95. The van der Waals surface area contributed by atoms with Gasteiger partial charge >= 0.3 is 0 Å². The van der Waals surface area contributed by atoms with Gasteiger partial charge in [0.2, 0.25) is 5.60 Å². The van der Waals surface area contributed by atoms with Gasteiger partial charge in [0.1, 0.15) is 5.82 Å². The molecule has 1 atom stereocenters. The van der Waals surface area contributed by atoms with Crippen LogP contribution in [-0.4, -0.2) is 27.0 Å². The normalized spacial score (nSPS) is 19.8. The molecule has 6 nitrogen and oxygen atoms in total. The number of aromatic nitrogens is 2.